The van der Waals surface area contributed by atoms with E-state index < -0.39 is 0 Å². The number of halogens is 1. The number of hydrogen-bond donors (Lipinski definition) is 0. The molecule has 102 valence electrons. The van der Waals surface area contributed by atoms with Crippen molar-refractivity contribution in [1.82, 2.24) is 4.90 Å². The van der Waals surface area contributed by atoms with E-state index in [2.05, 4.69) is 34.7 Å². The van der Waals surface area contributed by atoms with Crippen LogP contribution in [0.5, 0.6) is 0 Å². The summed E-state index contributed by atoms with van der Waals surface area (Å²) >= 11 is 3.57. The van der Waals surface area contributed by atoms with Gasteiger partial charge in [-0.15, -0.1) is 0 Å². The largest absolute Gasteiger partial charge is 0.300 e. The maximum atomic E-state index is 3.57. The van der Waals surface area contributed by atoms with Gasteiger partial charge in [0, 0.05) is 17.9 Å². The predicted molar refractivity (Wildman–Crippen MR) is 80.9 cm³/mol. The fourth-order valence-corrected chi connectivity index (χ4v) is 2.94. The zero-order valence-corrected chi connectivity index (χ0v) is 13.3. The Morgan fingerprint density at radius 3 is 2.47 bits per heavy atom. The molecule has 0 N–H and O–H groups in total. The minimum atomic E-state index is 0.921. The fraction of sp³-hybridized carbons (Fsp3) is 1.00. The Balaban J connectivity index is 2.33. The van der Waals surface area contributed by atoms with Crippen LogP contribution in [-0.2, 0) is 0 Å². The van der Waals surface area contributed by atoms with E-state index >= 15 is 0 Å². The SMILES string of the molecule is CCCCC(CC)CN(CCCBr)C1CCC1. The Bertz CT molecular complexity index is 180. The lowest BCUT2D eigenvalue weighted by molar-refractivity contribution is 0.104. The first-order chi connectivity index (χ1) is 8.31. The second-order valence-electron chi connectivity index (χ2n) is 5.54. The summed E-state index contributed by atoms with van der Waals surface area (Å²) in [6, 6.07) is 0.921. The van der Waals surface area contributed by atoms with Gasteiger partial charge in [-0.25, -0.2) is 0 Å². The minimum absolute atomic E-state index is 0.921. The first-order valence-corrected chi connectivity index (χ1v) is 8.73. The number of alkyl halides is 1. The molecular weight excluding hydrogens is 274 g/mol. The molecule has 1 atom stereocenters. The minimum Gasteiger partial charge on any atom is -0.300 e. The number of nitrogens with zero attached hydrogens (tertiary/aromatic N) is 1. The van der Waals surface area contributed by atoms with Crippen LogP contribution >= 0.6 is 15.9 Å². The van der Waals surface area contributed by atoms with Crippen molar-refractivity contribution >= 4 is 15.9 Å². The molecule has 0 aliphatic heterocycles. The summed E-state index contributed by atoms with van der Waals surface area (Å²) in [5, 5.41) is 1.15. The van der Waals surface area contributed by atoms with Crippen LogP contribution in [0.25, 0.3) is 0 Å². The van der Waals surface area contributed by atoms with Crippen molar-refractivity contribution < 1.29 is 0 Å². The van der Waals surface area contributed by atoms with Crippen molar-refractivity contribution in [2.24, 2.45) is 5.92 Å². The highest BCUT2D eigenvalue weighted by molar-refractivity contribution is 9.09. The lowest BCUT2D eigenvalue weighted by Crippen LogP contribution is -2.43. The van der Waals surface area contributed by atoms with E-state index in [0.29, 0.717) is 0 Å². The van der Waals surface area contributed by atoms with Crippen LogP contribution in [0, 0.1) is 5.92 Å². The highest BCUT2D eigenvalue weighted by Crippen LogP contribution is 2.27. The second kappa shape index (κ2) is 9.38. The molecule has 0 radical (unpaired) electrons. The van der Waals surface area contributed by atoms with Crippen LogP contribution in [0.15, 0.2) is 0 Å². The van der Waals surface area contributed by atoms with Gasteiger partial charge >= 0.3 is 0 Å². The Kier molecular flexibility index (Phi) is 8.55. The van der Waals surface area contributed by atoms with Gasteiger partial charge in [0.1, 0.15) is 0 Å². The van der Waals surface area contributed by atoms with Gasteiger partial charge in [0.05, 0.1) is 0 Å². The molecule has 0 amide bonds. The molecule has 0 aromatic carbocycles. The van der Waals surface area contributed by atoms with E-state index in [-0.39, 0.29) is 0 Å². The van der Waals surface area contributed by atoms with Gasteiger partial charge in [-0.1, -0.05) is 55.5 Å². The number of rotatable bonds is 10. The number of hydrogen-bond acceptors (Lipinski definition) is 1. The molecule has 2 heteroatoms. The molecule has 0 spiro atoms. The molecule has 0 bridgehead atoms. The Morgan fingerprint density at radius 1 is 1.24 bits per heavy atom. The molecule has 1 aliphatic carbocycles. The lowest BCUT2D eigenvalue weighted by atomic mass is 9.89. The van der Waals surface area contributed by atoms with E-state index in [4.69, 9.17) is 0 Å². The first kappa shape index (κ1) is 15.5. The maximum Gasteiger partial charge on any atom is 0.00953 e. The molecule has 1 nitrogen and oxygen atoms in total. The molecule has 0 aromatic heterocycles. The zero-order valence-electron chi connectivity index (χ0n) is 11.8. The van der Waals surface area contributed by atoms with Gasteiger partial charge in [0.2, 0.25) is 0 Å². The smallest absolute Gasteiger partial charge is 0.00953 e. The van der Waals surface area contributed by atoms with Crippen molar-refractivity contribution in [2.45, 2.75) is 71.3 Å². The average molecular weight is 304 g/mol. The maximum absolute atomic E-state index is 3.57. The zero-order chi connectivity index (χ0) is 12.5. The van der Waals surface area contributed by atoms with Crippen LogP contribution in [0.3, 0.4) is 0 Å². The third kappa shape index (κ3) is 5.74. The van der Waals surface area contributed by atoms with Crippen LogP contribution < -0.4 is 0 Å². The van der Waals surface area contributed by atoms with E-state index in [1.54, 1.807) is 0 Å². The molecule has 1 aliphatic rings. The Labute approximate surface area is 116 Å². The van der Waals surface area contributed by atoms with Gasteiger partial charge in [0.25, 0.3) is 0 Å². The van der Waals surface area contributed by atoms with Crippen molar-refractivity contribution in [3.63, 3.8) is 0 Å². The second-order valence-corrected chi connectivity index (χ2v) is 6.33. The van der Waals surface area contributed by atoms with Gasteiger partial charge in [-0.05, 0) is 38.1 Å². The quantitative estimate of drug-likeness (QED) is 0.522. The topological polar surface area (TPSA) is 3.24 Å². The standard InChI is InChI=1S/C15H30BrN/c1-3-5-8-14(4-2)13-17(12-7-11-16)15-9-6-10-15/h14-15H,3-13H2,1-2H3. The fourth-order valence-electron chi connectivity index (χ4n) is 2.69. The van der Waals surface area contributed by atoms with Crippen molar-refractivity contribution in [3.8, 4) is 0 Å². The van der Waals surface area contributed by atoms with Crippen molar-refractivity contribution in [3.05, 3.63) is 0 Å². The summed E-state index contributed by atoms with van der Waals surface area (Å²) in [4.78, 5) is 2.79. The molecular formula is C15H30BrN. The van der Waals surface area contributed by atoms with Crippen LogP contribution in [0.4, 0.5) is 0 Å². The molecule has 0 heterocycles. The molecule has 0 saturated heterocycles. The molecule has 1 rings (SSSR count). The van der Waals surface area contributed by atoms with Gasteiger partial charge in [-0.3, -0.25) is 0 Å². The molecule has 17 heavy (non-hydrogen) atoms. The average Bonchev–Trinajstić information content (AvgIpc) is 2.28. The summed E-state index contributed by atoms with van der Waals surface area (Å²) in [6.07, 6.45) is 11.2. The summed E-state index contributed by atoms with van der Waals surface area (Å²) in [5.74, 6) is 0.936. The molecule has 1 saturated carbocycles. The van der Waals surface area contributed by atoms with Gasteiger partial charge in [-0.2, -0.15) is 0 Å². The molecule has 1 unspecified atom stereocenters. The predicted octanol–water partition coefficient (Wildman–Crippen LogP) is 4.84. The highest BCUT2D eigenvalue weighted by Gasteiger charge is 2.25. The van der Waals surface area contributed by atoms with E-state index in [1.165, 1.54) is 64.5 Å². The van der Waals surface area contributed by atoms with Crippen molar-refractivity contribution in [2.75, 3.05) is 18.4 Å². The highest BCUT2D eigenvalue weighted by atomic mass is 79.9. The monoisotopic (exact) mass is 303 g/mol. The van der Waals surface area contributed by atoms with Gasteiger partial charge < -0.3 is 4.90 Å². The summed E-state index contributed by atoms with van der Waals surface area (Å²) in [6.45, 7) is 7.33. The third-order valence-corrected chi connectivity index (χ3v) is 4.77. The first-order valence-electron chi connectivity index (χ1n) is 7.61. The van der Waals surface area contributed by atoms with Gasteiger partial charge in [0.15, 0.2) is 0 Å². The molecule has 0 aromatic rings. The summed E-state index contributed by atoms with van der Waals surface area (Å²) in [7, 11) is 0. The summed E-state index contributed by atoms with van der Waals surface area (Å²) < 4.78 is 0. The van der Waals surface area contributed by atoms with Crippen molar-refractivity contribution in [1.29, 1.82) is 0 Å². The lowest BCUT2D eigenvalue weighted by Gasteiger charge is -2.39. The number of unbranched alkanes of at least 4 members (excludes halogenated alkanes) is 1. The van der Waals surface area contributed by atoms with Crippen LogP contribution in [-0.4, -0.2) is 29.4 Å². The van der Waals surface area contributed by atoms with Crippen LogP contribution in [0.2, 0.25) is 0 Å². The van der Waals surface area contributed by atoms with Crippen LogP contribution in [0.1, 0.15) is 65.2 Å². The third-order valence-electron chi connectivity index (χ3n) is 4.21. The van der Waals surface area contributed by atoms with E-state index in [1.807, 2.05) is 0 Å². The Morgan fingerprint density at radius 2 is 2.00 bits per heavy atom. The van der Waals surface area contributed by atoms with E-state index in [9.17, 15) is 0 Å². The van der Waals surface area contributed by atoms with E-state index in [0.717, 1.165) is 17.3 Å². The molecule has 1 fully saturated rings. The summed E-state index contributed by atoms with van der Waals surface area (Å²) in [5.41, 5.74) is 0. The Hall–Kier alpha value is 0.440. The normalized spacial score (nSPS) is 18.4.